The van der Waals surface area contributed by atoms with E-state index in [4.69, 9.17) is 11.6 Å². The number of pyridine rings is 2. The molecule has 0 aliphatic rings. The molecule has 0 bridgehead atoms. The van der Waals surface area contributed by atoms with Crippen LogP contribution in [0.1, 0.15) is 5.56 Å². The van der Waals surface area contributed by atoms with Crippen LogP contribution in [0.3, 0.4) is 0 Å². The van der Waals surface area contributed by atoms with E-state index in [9.17, 15) is 9.18 Å². The first-order chi connectivity index (χ1) is 14.5. The first kappa shape index (κ1) is 18.4. The Balaban J connectivity index is 1.87. The Bertz CT molecular complexity index is 1500. The van der Waals surface area contributed by atoms with E-state index in [0.29, 0.717) is 38.7 Å². The zero-order chi connectivity index (χ0) is 20.8. The van der Waals surface area contributed by atoms with E-state index in [-0.39, 0.29) is 16.8 Å². The minimum absolute atomic E-state index is 0.220. The lowest BCUT2D eigenvalue weighted by molar-refractivity contribution is 0.628. The van der Waals surface area contributed by atoms with Gasteiger partial charge in [0, 0.05) is 35.0 Å². The van der Waals surface area contributed by atoms with Gasteiger partial charge < -0.3 is 4.98 Å². The molecule has 3 heterocycles. The second-order valence-electron chi connectivity index (χ2n) is 6.95. The monoisotopic (exact) mass is 416 g/mol. The molecule has 0 saturated carbocycles. The summed E-state index contributed by atoms with van der Waals surface area (Å²) in [6.07, 6.45) is 3.23. The van der Waals surface area contributed by atoms with Crippen LogP contribution in [-0.2, 0) is 0 Å². The number of hydrogen-bond donors (Lipinski definition) is 1. The second kappa shape index (κ2) is 7.00. The number of rotatable bonds is 2. The first-order valence-corrected chi connectivity index (χ1v) is 9.60. The molecule has 0 aliphatic carbocycles. The van der Waals surface area contributed by atoms with Gasteiger partial charge in [0.25, 0.3) is 0 Å². The van der Waals surface area contributed by atoms with Crippen molar-refractivity contribution in [3.8, 4) is 22.5 Å². The van der Waals surface area contributed by atoms with Gasteiger partial charge in [-0.2, -0.15) is 0 Å². The molecule has 5 rings (SSSR count). The molecule has 0 aliphatic heterocycles. The summed E-state index contributed by atoms with van der Waals surface area (Å²) in [4.78, 5) is 29.0. The van der Waals surface area contributed by atoms with E-state index in [1.54, 1.807) is 24.4 Å². The molecular weight excluding hydrogens is 403 g/mol. The number of fused-ring (bicyclic) bond motifs is 2. The van der Waals surface area contributed by atoms with Crippen LogP contribution in [0, 0.1) is 12.7 Å². The molecule has 0 spiro atoms. The third-order valence-corrected chi connectivity index (χ3v) is 5.28. The number of halogens is 2. The van der Waals surface area contributed by atoms with Gasteiger partial charge in [0.05, 0.1) is 21.9 Å². The van der Waals surface area contributed by atoms with E-state index in [2.05, 4.69) is 19.9 Å². The minimum atomic E-state index is -0.349. The number of nitrogens with one attached hydrogen (secondary N) is 1. The van der Waals surface area contributed by atoms with Crippen LogP contribution >= 0.6 is 11.6 Å². The van der Waals surface area contributed by atoms with Gasteiger partial charge in [-0.15, -0.1) is 0 Å². The molecule has 0 radical (unpaired) electrons. The quantitative estimate of drug-likeness (QED) is 0.423. The second-order valence-corrected chi connectivity index (χ2v) is 7.36. The normalized spacial score (nSPS) is 11.3. The SMILES string of the molecule is Cc1ccnc2c(Cl)cc(-c3nc4c(=O)cc[nH]c4nc3-c3ccc(F)cc3)cc12. The lowest BCUT2D eigenvalue weighted by atomic mass is 10.0. The molecule has 146 valence electrons. The molecule has 5 nitrogen and oxygen atoms in total. The Kier molecular flexibility index (Phi) is 4.29. The highest BCUT2D eigenvalue weighted by molar-refractivity contribution is 6.35. The molecule has 0 fully saturated rings. The fraction of sp³-hybridized carbons (Fsp3) is 0.0435. The van der Waals surface area contributed by atoms with Gasteiger partial charge in [-0.25, -0.2) is 14.4 Å². The van der Waals surface area contributed by atoms with Crippen molar-refractivity contribution < 1.29 is 4.39 Å². The lowest BCUT2D eigenvalue weighted by Crippen LogP contribution is -2.06. The predicted molar refractivity (Wildman–Crippen MR) is 116 cm³/mol. The van der Waals surface area contributed by atoms with Crippen molar-refractivity contribution >= 4 is 33.7 Å². The molecule has 30 heavy (non-hydrogen) atoms. The number of benzene rings is 2. The van der Waals surface area contributed by atoms with Crippen molar-refractivity contribution in [3.05, 3.63) is 87.6 Å². The number of nitrogens with zero attached hydrogens (tertiary/aromatic N) is 3. The minimum Gasteiger partial charge on any atom is -0.345 e. The Morgan fingerprint density at radius 2 is 1.70 bits per heavy atom. The first-order valence-electron chi connectivity index (χ1n) is 9.22. The fourth-order valence-electron chi connectivity index (χ4n) is 3.47. The predicted octanol–water partition coefficient (Wildman–Crippen LogP) is 5.30. The van der Waals surface area contributed by atoms with Crippen LogP contribution in [0.2, 0.25) is 5.02 Å². The molecular formula is C23H14ClFN4O. The Morgan fingerprint density at radius 1 is 0.933 bits per heavy atom. The van der Waals surface area contributed by atoms with Crippen LogP contribution in [0.4, 0.5) is 4.39 Å². The molecule has 1 N–H and O–H groups in total. The largest absolute Gasteiger partial charge is 0.345 e. The van der Waals surface area contributed by atoms with Gasteiger partial charge in [0.15, 0.2) is 11.2 Å². The van der Waals surface area contributed by atoms with E-state index in [0.717, 1.165) is 10.9 Å². The maximum absolute atomic E-state index is 13.5. The maximum Gasteiger partial charge on any atom is 0.209 e. The van der Waals surface area contributed by atoms with E-state index in [1.807, 2.05) is 19.1 Å². The standard InChI is InChI=1S/C23H14ClFN4O/c1-12-6-8-26-21-16(12)10-14(11-17(21)24)20-19(13-2-4-15(25)5-3-13)29-23-22(28-20)18(30)7-9-27-23/h2-11H,1H3,(H,27,29,30). The number of hydrogen-bond acceptors (Lipinski definition) is 4. The average Bonchev–Trinajstić information content (AvgIpc) is 2.74. The fourth-order valence-corrected chi connectivity index (χ4v) is 3.74. The highest BCUT2D eigenvalue weighted by Gasteiger charge is 2.17. The topological polar surface area (TPSA) is 71.5 Å². The molecule has 0 amide bonds. The van der Waals surface area contributed by atoms with Gasteiger partial charge in [0.2, 0.25) is 5.43 Å². The number of aromatic nitrogens is 4. The number of aromatic amines is 1. The zero-order valence-corrected chi connectivity index (χ0v) is 16.5. The van der Waals surface area contributed by atoms with Gasteiger partial charge in [-0.3, -0.25) is 9.78 Å². The maximum atomic E-state index is 13.5. The summed E-state index contributed by atoms with van der Waals surface area (Å²) < 4.78 is 13.5. The average molecular weight is 417 g/mol. The Hall–Kier alpha value is -3.64. The summed E-state index contributed by atoms with van der Waals surface area (Å²) in [6, 6.07) is 13.0. The van der Waals surface area contributed by atoms with Crippen LogP contribution in [-0.4, -0.2) is 19.9 Å². The van der Waals surface area contributed by atoms with Crippen molar-refractivity contribution in [2.75, 3.05) is 0 Å². The van der Waals surface area contributed by atoms with Crippen LogP contribution < -0.4 is 5.43 Å². The van der Waals surface area contributed by atoms with Crippen LogP contribution in [0.5, 0.6) is 0 Å². The van der Waals surface area contributed by atoms with Gasteiger partial charge >= 0.3 is 0 Å². The van der Waals surface area contributed by atoms with Crippen LogP contribution in [0.15, 0.2) is 65.7 Å². The number of H-pyrrole nitrogens is 1. The third kappa shape index (κ3) is 3.02. The van der Waals surface area contributed by atoms with Gasteiger partial charge in [-0.1, -0.05) is 11.6 Å². The Labute approximate surface area is 175 Å². The summed E-state index contributed by atoms with van der Waals surface area (Å²) in [5, 5.41) is 1.36. The van der Waals surface area contributed by atoms with Gasteiger partial charge in [0.1, 0.15) is 5.82 Å². The molecule has 7 heteroatoms. The molecule has 0 atom stereocenters. The van der Waals surface area contributed by atoms with E-state index < -0.39 is 0 Å². The van der Waals surface area contributed by atoms with Crippen molar-refractivity contribution in [2.45, 2.75) is 6.92 Å². The van der Waals surface area contributed by atoms with E-state index in [1.165, 1.54) is 24.4 Å². The van der Waals surface area contributed by atoms with Crippen LogP contribution in [0.25, 0.3) is 44.6 Å². The molecule has 5 aromatic rings. The lowest BCUT2D eigenvalue weighted by Gasteiger charge is -2.12. The molecule has 3 aromatic heterocycles. The molecule has 2 aromatic carbocycles. The number of aryl methyl sites for hydroxylation is 1. The van der Waals surface area contributed by atoms with Crippen molar-refractivity contribution in [1.29, 1.82) is 0 Å². The summed E-state index contributed by atoms with van der Waals surface area (Å²) in [5.74, 6) is -0.349. The zero-order valence-electron chi connectivity index (χ0n) is 15.8. The van der Waals surface area contributed by atoms with Crippen molar-refractivity contribution in [2.24, 2.45) is 0 Å². The smallest absolute Gasteiger partial charge is 0.209 e. The van der Waals surface area contributed by atoms with E-state index >= 15 is 0 Å². The highest BCUT2D eigenvalue weighted by atomic mass is 35.5. The van der Waals surface area contributed by atoms with Gasteiger partial charge in [-0.05, 0) is 55.0 Å². The molecule has 0 unspecified atom stereocenters. The summed E-state index contributed by atoms with van der Waals surface area (Å²) in [6.45, 7) is 1.97. The summed E-state index contributed by atoms with van der Waals surface area (Å²) in [5.41, 5.74) is 4.40. The Morgan fingerprint density at radius 3 is 2.50 bits per heavy atom. The highest BCUT2D eigenvalue weighted by Crippen LogP contribution is 2.35. The van der Waals surface area contributed by atoms with Crippen molar-refractivity contribution in [3.63, 3.8) is 0 Å². The summed E-state index contributed by atoms with van der Waals surface area (Å²) in [7, 11) is 0. The summed E-state index contributed by atoms with van der Waals surface area (Å²) >= 11 is 6.52. The van der Waals surface area contributed by atoms with Crippen molar-refractivity contribution in [1.82, 2.24) is 19.9 Å². The molecule has 0 saturated heterocycles. The third-order valence-electron chi connectivity index (χ3n) is 4.99.